The molecule has 2 aromatic rings. The number of nitriles is 1. The first-order valence-corrected chi connectivity index (χ1v) is 7.52. The van der Waals surface area contributed by atoms with Gasteiger partial charge in [0.05, 0.1) is 5.56 Å². The van der Waals surface area contributed by atoms with Gasteiger partial charge in [-0.3, -0.25) is 0 Å². The first-order valence-electron chi connectivity index (χ1n) is 6.70. The molecule has 1 saturated carbocycles. The first-order chi connectivity index (χ1) is 9.85. The third kappa shape index (κ3) is 3.38. The van der Waals surface area contributed by atoms with Crippen LogP contribution < -0.4 is 5.32 Å². The standard InChI is InChI=1S/C16H15N3S/c17-10-13-9-12(11-19-14-5-6-14)4-7-15(13)20-16-3-1-2-8-18-16/h1-4,7-9,14,19H,5-6,11H2. The summed E-state index contributed by atoms with van der Waals surface area (Å²) in [7, 11) is 0. The molecule has 0 aliphatic heterocycles. The highest BCUT2D eigenvalue weighted by Gasteiger charge is 2.20. The van der Waals surface area contributed by atoms with E-state index in [9.17, 15) is 5.26 Å². The van der Waals surface area contributed by atoms with E-state index in [-0.39, 0.29) is 0 Å². The van der Waals surface area contributed by atoms with Crippen molar-refractivity contribution < 1.29 is 0 Å². The van der Waals surface area contributed by atoms with Crippen LogP contribution >= 0.6 is 11.8 Å². The van der Waals surface area contributed by atoms with Crippen LogP contribution in [0.15, 0.2) is 52.5 Å². The largest absolute Gasteiger partial charge is 0.310 e. The molecular weight excluding hydrogens is 266 g/mol. The Kier molecular flexibility index (Phi) is 4.00. The summed E-state index contributed by atoms with van der Waals surface area (Å²) < 4.78 is 0. The molecule has 1 heterocycles. The van der Waals surface area contributed by atoms with E-state index in [1.54, 1.807) is 6.20 Å². The van der Waals surface area contributed by atoms with Crippen LogP contribution in [0.5, 0.6) is 0 Å². The van der Waals surface area contributed by atoms with E-state index in [0.717, 1.165) is 22.0 Å². The van der Waals surface area contributed by atoms with Crippen molar-refractivity contribution in [3.05, 3.63) is 53.7 Å². The van der Waals surface area contributed by atoms with Crippen molar-refractivity contribution in [3.8, 4) is 6.07 Å². The van der Waals surface area contributed by atoms with E-state index in [1.165, 1.54) is 30.2 Å². The lowest BCUT2D eigenvalue weighted by Gasteiger charge is -2.07. The lowest BCUT2D eigenvalue weighted by molar-refractivity contribution is 0.687. The summed E-state index contributed by atoms with van der Waals surface area (Å²) in [6.07, 6.45) is 4.32. The third-order valence-corrected chi connectivity index (χ3v) is 4.22. The van der Waals surface area contributed by atoms with Crippen molar-refractivity contribution in [1.82, 2.24) is 10.3 Å². The fourth-order valence-electron chi connectivity index (χ4n) is 1.93. The van der Waals surface area contributed by atoms with Crippen LogP contribution in [0, 0.1) is 11.3 Å². The van der Waals surface area contributed by atoms with Crippen LogP contribution in [0.2, 0.25) is 0 Å². The van der Waals surface area contributed by atoms with Gasteiger partial charge in [0.15, 0.2) is 0 Å². The Labute approximate surface area is 123 Å². The topological polar surface area (TPSA) is 48.7 Å². The van der Waals surface area contributed by atoms with Gasteiger partial charge in [-0.15, -0.1) is 0 Å². The van der Waals surface area contributed by atoms with E-state index in [0.29, 0.717) is 6.04 Å². The molecule has 1 aromatic heterocycles. The minimum Gasteiger partial charge on any atom is -0.310 e. The maximum absolute atomic E-state index is 9.31. The SMILES string of the molecule is N#Cc1cc(CNC2CC2)ccc1Sc1ccccn1. The molecule has 0 amide bonds. The van der Waals surface area contributed by atoms with E-state index < -0.39 is 0 Å². The Morgan fingerprint density at radius 2 is 2.20 bits per heavy atom. The van der Waals surface area contributed by atoms with Crippen LogP contribution in [0.4, 0.5) is 0 Å². The Balaban J connectivity index is 1.75. The van der Waals surface area contributed by atoms with Gasteiger partial charge in [0, 0.05) is 23.7 Å². The van der Waals surface area contributed by atoms with Crippen LogP contribution in [-0.4, -0.2) is 11.0 Å². The molecule has 100 valence electrons. The molecule has 0 spiro atoms. The highest BCUT2D eigenvalue weighted by molar-refractivity contribution is 7.99. The number of nitrogens with one attached hydrogen (secondary N) is 1. The van der Waals surface area contributed by atoms with E-state index in [4.69, 9.17) is 0 Å². The van der Waals surface area contributed by atoms with Crippen molar-refractivity contribution >= 4 is 11.8 Å². The molecule has 4 heteroatoms. The monoisotopic (exact) mass is 281 g/mol. The van der Waals surface area contributed by atoms with Crippen molar-refractivity contribution in [2.45, 2.75) is 35.3 Å². The molecule has 0 unspecified atom stereocenters. The van der Waals surface area contributed by atoms with Gasteiger partial charge < -0.3 is 5.32 Å². The Morgan fingerprint density at radius 1 is 1.30 bits per heavy atom. The van der Waals surface area contributed by atoms with Crippen LogP contribution in [0.1, 0.15) is 24.0 Å². The molecule has 0 saturated heterocycles. The smallest absolute Gasteiger partial charge is 0.101 e. The van der Waals surface area contributed by atoms with Gasteiger partial charge >= 0.3 is 0 Å². The molecule has 1 aliphatic rings. The highest BCUT2D eigenvalue weighted by atomic mass is 32.2. The third-order valence-electron chi connectivity index (χ3n) is 3.19. The summed E-state index contributed by atoms with van der Waals surface area (Å²) in [6.45, 7) is 0.841. The van der Waals surface area contributed by atoms with Gasteiger partial charge in [0.2, 0.25) is 0 Å². The van der Waals surface area contributed by atoms with Gasteiger partial charge in [-0.25, -0.2) is 4.98 Å². The summed E-state index contributed by atoms with van der Waals surface area (Å²) in [5, 5.41) is 13.7. The quantitative estimate of drug-likeness (QED) is 0.913. The van der Waals surface area contributed by atoms with Gasteiger partial charge in [-0.1, -0.05) is 23.9 Å². The maximum Gasteiger partial charge on any atom is 0.101 e. The number of aromatic nitrogens is 1. The fourth-order valence-corrected chi connectivity index (χ4v) is 2.77. The molecule has 3 nitrogen and oxygen atoms in total. The molecule has 0 bridgehead atoms. The molecule has 1 aromatic carbocycles. The zero-order valence-electron chi connectivity index (χ0n) is 11.0. The Morgan fingerprint density at radius 3 is 2.90 bits per heavy atom. The van der Waals surface area contributed by atoms with Gasteiger partial charge in [-0.2, -0.15) is 5.26 Å². The zero-order valence-corrected chi connectivity index (χ0v) is 11.9. The number of hydrogen-bond acceptors (Lipinski definition) is 4. The predicted octanol–water partition coefficient (Wildman–Crippen LogP) is 3.36. The lowest BCUT2D eigenvalue weighted by atomic mass is 10.1. The van der Waals surface area contributed by atoms with E-state index in [2.05, 4.69) is 22.4 Å². The normalized spacial score (nSPS) is 13.9. The minimum absolute atomic E-state index is 0.683. The number of benzene rings is 1. The van der Waals surface area contributed by atoms with Crippen LogP contribution in [0.25, 0.3) is 0 Å². The Hall–Kier alpha value is -1.83. The summed E-state index contributed by atoms with van der Waals surface area (Å²) in [5.41, 5.74) is 1.88. The number of rotatable bonds is 5. The van der Waals surface area contributed by atoms with Crippen LogP contribution in [-0.2, 0) is 6.54 Å². The summed E-state index contributed by atoms with van der Waals surface area (Å²) in [6, 6.07) is 14.8. The zero-order chi connectivity index (χ0) is 13.8. The van der Waals surface area contributed by atoms with Crippen molar-refractivity contribution in [2.75, 3.05) is 0 Å². The fraction of sp³-hybridized carbons (Fsp3) is 0.250. The Bertz CT molecular complexity index is 630. The summed E-state index contributed by atoms with van der Waals surface area (Å²) in [4.78, 5) is 5.24. The molecule has 20 heavy (non-hydrogen) atoms. The summed E-state index contributed by atoms with van der Waals surface area (Å²) in [5.74, 6) is 0. The van der Waals surface area contributed by atoms with Crippen molar-refractivity contribution in [2.24, 2.45) is 0 Å². The second-order valence-corrected chi connectivity index (χ2v) is 5.93. The van der Waals surface area contributed by atoms with Crippen molar-refractivity contribution in [3.63, 3.8) is 0 Å². The van der Waals surface area contributed by atoms with Gasteiger partial charge in [-0.05, 0) is 42.7 Å². The summed E-state index contributed by atoms with van der Waals surface area (Å²) >= 11 is 1.53. The first kappa shape index (κ1) is 13.2. The molecular formula is C16H15N3S. The number of nitrogens with zero attached hydrogens (tertiary/aromatic N) is 2. The molecule has 3 rings (SSSR count). The molecule has 1 fully saturated rings. The minimum atomic E-state index is 0.683. The predicted molar refractivity (Wildman–Crippen MR) is 79.4 cm³/mol. The van der Waals surface area contributed by atoms with Gasteiger partial charge in [0.1, 0.15) is 11.1 Å². The number of pyridine rings is 1. The molecule has 0 atom stereocenters. The van der Waals surface area contributed by atoms with E-state index >= 15 is 0 Å². The van der Waals surface area contributed by atoms with Gasteiger partial charge in [0.25, 0.3) is 0 Å². The van der Waals surface area contributed by atoms with Crippen molar-refractivity contribution in [1.29, 1.82) is 5.26 Å². The average molecular weight is 281 g/mol. The maximum atomic E-state index is 9.31. The lowest BCUT2D eigenvalue weighted by Crippen LogP contribution is -2.15. The molecule has 1 aliphatic carbocycles. The number of hydrogen-bond donors (Lipinski definition) is 1. The molecule has 0 radical (unpaired) electrons. The second-order valence-electron chi connectivity index (χ2n) is 4.87. The second kappa shape index (κ2) is 6.08. The van der Waals surface area contributed by atoms with E-state index in [1.807, 2.05) is 30.3 Å². The highest BCUT2D eigenvalue weighted by Crippen LogP contribution is 2.29. The average Bonchev–Trinajstić information content (AvgIpc) is 3.31. The van der Waals surface area contributed by atoms with Crippen LogP contribution in [0.3, 0.4) is 0 Å². The molecule has 1 N–H and O–H groups in total.